The Morgan fingerprint density at radius 3 is 2.50 bits per heavy atom. The molecule has 14 heavy (non-hydrogen) atoms. The number of hydrogen-bond acceptors (Lipinski definition) is 5. The van der Waals surface area contributed by atoms with Crippen LogP contribution < -0.4 is 0 Å². The third-order valence-corrected chi connectivity index (χ3v) is 1.85. The molecule has 0 aromatic heterocycles. The Kier molecular flexibility index (Phi) is 7.27. The van der Waals surface area contributed by atoms with Crippen LogP contribution in [-0.4, -0.2) is 30.0 Å². The van der Waals surface area contributed by atoms with Gasteiger partial charge in [-0.3, -0.25) is 8.37 Å². The first-order chi connectivity index (χ1) is 6.57. The maximum atomic E-state index is 10.8. The van der Waals surface area contributed by atoms with Crippen molar-refractivity contribution in [1.29, 1.82) is 0 Å². The van der Waals surface area contributed by atoms with Crippen LogP contribution in [0.1, 0.15) is 13.8 Å². The molecule has 5 nitrogen and oxygen atoms in total. The summed E-state index contributed by atoms with van der Waals surface area (Å²) < 4.78 is 24.7. The van der Waals surface area contributed by atoms with Gasteiger partial charge in [0.2, 0.25) is 0 Å². The molecular formula is C8H14O5S. The van der Waals surface area contributed by atoms with Crippen molar-refractivity contribution in [3.8, 4) is 0 Å². The van der Waals surface area contributed by atoms with E-state index in [0.717, 1.165) is 0 Å². The highest BCUT2D eigenvalue weighted by atomic mass is 32.2. The molecule has 0 aromatic carbocycles. The third-order valence-electron chi connectivity index (χ3n) is 1.06. The summed E-state index contributed by atoms with van der Waals surface area (Å²) in [6.45, 7) is 7.01. The first kappa shape index (κ1) is 13.3. The van der Waals surface area contributed by atoms with E-state index in [4.69, 9.17) is 0 Å². The van der Waals surface area contributed by atoms with Crippen molar-refractivity contribution in [1.82, 2.24) is 0 Å². The standard InChI is InChI=1S/C8H14O5S/c1-4-12-14(10)13-6-5-11-8(9)7(2)3/h2,4-6H2,1,3H3. The molecule has 1 atom stereocenters. The van der Waals surface area contributed by atoms with Crippen molar-refractivity contribution in [3.63, 3.8) is 0 Å². The minimum Gasteiger partial charge on any atom is -0.460 e. The Morgan fingerprint density at radius 1 is 1.36 bits per heavy atom. The highest BCUT2D eigenvalue weighted by Gasteiger charge is 2.03. The minimum atomic E-state index is -1.76. The second-order valence-corrected chi connectivity index (χ2v) is 3.23. The van der Waals surface area contributed by atoms with Crippen LogP contribution in [-0.2, 0) is 29.3 Å². The van der Waals surface area contributed by atoms with Gasteiger partial charge in [-0.2, -0.15) is 4.21 Å². The van der Waals surface area contributed by atoms with Crippen molar-refractivity contribution >= 4 is 17.3 Å². The first-order valence-corrected chi connectivity index (χ1v) is 5.08. The van der Waals surface area contributed by atoms with Gasteiger partial charge in [0.25, 0.3) is 0 Å². The summed E-state index contributed by atoms with van der Waals surface area (Å²) in [7, 11) is 0. The molecule has 82 valence electrons. The van der Waals surface area contributed by atoms with Gasteiger partial charge < -0.3 is 4.74 Å². The van der Waals surface area contributed by atoms with E-state index < -0.39 is 17.3 Å². The largest absolute Gasteiger partial charge is 0.460 e. The fourth-order valence-corrected chi connectivity index (χ4v) is 0.954. The van der Waals surface area contributed by atoms with E-state index in [9.17, 15) is 9.00 Å². The number of carbonyl (C=O) groups excluding carboxylic acids is 1. The molecule has 0 aliphatic carbocycles. The second kappa shape index (κ2) is 7.66. The molecule has 0 bridgehead atoms. The monoisotopic (exact) mass is 222 g/mol. The predicted octanol–water partition coefficient (Wildman–Crippen LogP) is 0.738. The molecule has 0 aliphatic heterocycles. The molecule has 0 saturated carbocycles. The van der Waals surface area contributed by atoms with Crippen molar-refractivity contribution in [3.05, 3.63) is 12.2 Å². The van der Waals surface area contributed by atoms with Crippen LogP contribution in [0.5, 0.6) is 0 Å². The lowest BCUT2D eigenvalue weighted by Gasteiger charge is -2.04. The SMILES string of the molecule is C=C(C)C(=O)OCCOS(=O)OCC. The molecule has 0 saturated heterocycles. The highest BCUT2D eigenvalue weighted by Crippen LogP contribution is 1.93. The molecule has 0 radical (unpaired) electrons. The molecule has 0 N–H and O–H groups in total. The Labute approximate surface area is 85.9 Å². The summed E-state index contributed by atoms with van der Waals surface area (Å²) in [6, 6.07) is 0. The van der Waals surface area contributed by atoms with Gasteiger partial charge >= 0.3 is 17.3 Å². The zero-order valence-corrected chi connectivity index (χ0v) is 9.09. The number of hydrogen-bond donors (Lipinski definition) is 0. The summed E-state index contributed by atoms with van der Waals surface area (Å²) in [5.74, 6) is -0.490. The van der Waals surface area contributed by atoms with Crippen molar-refractivity contribution < 1.29 is 22.1 Å². The van der Waals surface area contributed by atoms with Gasteiger partial charge in [0.05, 0.1) is 6.61 Å². The van der Waals surface area contributed by atoms with Gasteiger partial charge in [0.1, 0.15) is 13.2 Å². The maximum absolute atomic E-state index is 10.8. The van der Waals surface area contributed by atoms with Crippen LogP contribution in [0.2, 0.25) is 0 Å². The van der Waals surface area contributed by atoms with Gasteiger partial charge in [0.15, 0.2) is 0 Å². The number of ether oxygens (including phenoxy) is 1. The normalized spacial score (nSPS) is 12.1. The number of rotatable bonds is 7. The van der Waals surface area contributed by atoms with Gasteiger partial charge in [-0.15, -0.1) is 0 Å². The average molecular weight is 222 g/mol. The van der Waals surface area contributed by atoms with Crippen molar-refractivity contribution in [2.45, 2.75) is 13.8 Å². The van der Waals surface area contributed by atoms with Gasteiger partial charge in [-0.05, 0) is 13.8 Å². The van der Waals surface area contributed by atoms with E-state index in [-0.39, 0.29) is 13.2 Å². The zero-order chi connectivity index (χ0) is 11.0. The summed E-state index contributed by atoms with van der Waals surface area (Å²) in [6.07, 6.45) is 0. The average Bonchev–Trinajstić information content (AvgIpc) is 2.12. The Balaban J connectivity index is 3.42. The van der Waals surface area contributed by atoms with E-state index in [1.54, 1.807) is 13.8 Å². The fraction of sp³-hybridized carbons (Fsp3) is 0.625. The van der Waals surface area contributed by atoms with E-state index in [1.807, 2.05) is 0 Å². The first-order valence-electron chi connectivity index (χ1n) is 4.08. The van der Waals surface area contributed by atoms with Crippen LogP contribution in [0.4, 0.5) is 0 Å². The number of carbonyl (C=O) groups is 1. The van der Waals surface area contributed by atoms with Crippen molar-refractivity contribution in [2.75, 3.05) is 19.8 Å². The summed E-state index contributed by atoms with van der Waals surface area (Å²) >= 11 is -1.76. The van der Waals surface area contributed by atoms with Crippen LogP contribution >= 0.6 is 0 Å². The van der Waals surface area contributed by atoms with Crippen LogP contribution in [0.15, 0.2) is 12.2 Å². The summed E-state index contributed by atoms with van der Waals surface area (Å²) in [5.41, 5.74) is 0.316. The molecule has 0 amide bonds. The molecule has 0 rings (SSSR count). The Hall–Kier alpha value is -0.720. The Bertz CT molecular complexity index is 226. The van der Waals surface area contributed by atoms with E-state index in [1.165, 1.54) is 0 Å². The number of esters is 1. The third kappa shape index (κ3) is 6.76. The zero-order valence-electron chi connectivity index (χ0n) is 8.28. The lowest BCUT2D eigenvalue weighted by Crippen LogP contribution is -2.12. The van der Waals surface area contributed by atoms with Crippen LogP contribution in [0, 0.1) is 0 Å². The van der Waals surface area contributed by atoms with Gasteiger partial charge in [0, 0.05) is 5.57 Å². The van der Waals surface area contributed by atoms with Gasteiger partial charge in [-0.25, -0.2) is 4.79 Å². The van der Waals surface area contributed by atoms with E-state index >= 15 is 0 Å². The molecular weight excluding hydrogens is 208 g/mol. The minimum absolute atomic E-state index is 0.0322. The Morgan fingerprint density at radius 2 is 2.00 bits per heavy atom. The smallest absolute Gasteiger partial charge is 0.333 e. The molecule has 0 fully saturated rings. The predicted molar refractivity (Wildman–Crippen MR) is 51.5 cm³/mol. The summed E-state index contributed by atoms with van der Waals surface area (Å²) in [4.78, 5) is 10.8. The second-order valence-electron chi connectivity index (χ2n) is 2.35. The van der Waals surface area contributed by atoms with E-state index in [0.29, 0.717) is 12.2 Å². The lowest BCUT2D eigenvalue weighted by atomic mass is 10.4. The summed E-state index contributed by atoms with van der Waals surface area (Å²) in [5, 5.41) is 0. The lowest BCUT2D eigenvalue weighted by molar-refractivity contribution is -0.139. The quantitative estimate of drug-likeness (QED) is 0.361. The van der Waals surface area contributed by atoms with Crippen LogP contribution in [0.3, 0.4) is 0 Å². The topological polar surface area (TPSA) is 61.8 Å². The molecule has 0 heterocycles. The molecule has 0 aliphatic rings. The maximum Gasteiger partial charge on any atom is 0.333 e. The fourth-order valence-electron chi connectivity index (χ4n) is 0.490. The molecule has 1 unspecified atom stereocenters. The van der Waals surface area contributed by atoms with Crippen molar-refractivity contribution in [2.24, 2.45) is 0 Å². The molecule has 6 heteroatoms. The van der Waals surface area contributed by atoms with Crippen LogP contribution in [0.25, 0.3) is 0 Å². The highest BCUT2D eigenvalue weighted by molar-refractivity contribution is 7.75. The molecule has 0 spiro atoms. The molecule has 0 aromatic rings. The van der Waals surface area contributed by atoms with Gasteiger partial charge in [-0.1, -0.05) is 6.58 Å². The van der Waals surface area contributed by atoms with E-state index in [2.05, 4.69) is 19.7 Å².